The molecule has 3 unspecified atom stereocenters. The smallest absolute Gasteiger partial charge is 0.108 e. The number of hydrogen-bond acceptors (Lipinski definition) is 2. The molecule has 3 nitrogen and oxygen atoms in total. The largest absolute Gasteiger partial charge is 0.338 e. The number of hydrogen-bond donors (Lipinski definition) is 1. The van der Waals surface area contributed by atoms with Crippen LogP contribution in [0.25, 0.3) is 0 Å². The summed E-state index contributed by atoms with van der Waals surface area (Å²) in [7, 11) is 2.08. The van der Waals surface area contributed by atoms with Crippen molar-refractivity contribution in [2.75, 3.05) is 6.54 Å². The predicted octanol–water partition coefficient (Wildman–Crippen LogP) is 2.36. The maximum Gasteiger partial charge on any atom is 0.108 e. The zero-order valence-electron chi connectivity index (χ0n) is 11.1. The zero-order valence-corrected chi connectivity index (χ0v) is 11.1. The molecule has 0 bridgehead atoms. The van der Waals surface area contributed by atoms with Crippen LogP contribution in [0.2, 0.25) is 0 Å². The molecule has 1 aliphatic rings. The zero-order chi connectivity index (χ0) is 12.3. The van der Waals surface area contributed by atoms with Crippen LogP contribution in [0.3, 0.4) is 0 Å². The number of nitrogens with two attached hydrogens (primary N) is 1. The van der Waals surface area contributed by atoms with E-state index in [0.717, 1.165) is 24.8 Å². The van der Waals surface area contributed by atoms with Gasteiger partial charge in [0.25, 0.3) is 0 Å². The molecule has 1 heterocycles. The van der Waals surface area contributed by atoms with Crippen molar-refractivity contribution in [3.05, 3.63) is 18.2 Å². The average molecular weight is 235 g/mol. The average Bonchev–Trinajstić information content (AvgIpc) is 2.75. The third-order valence-corrected chi connectivity index (χ3v) is 4.49. The van der Waals surface area contributed by atoms with Gasteiger partial charge in [0.1, 0.15) is 5.82 Å². The van der Waals surface area contributed by atoms with Gasteiger partial charge in [-0.15, -0.1) is 0 Å². The van der Waals surface area contributed by atoms with E-state index in [1.165, 1.54) is 31.5 Å². The lowest BCUT2D eigenvalue weighted by molar-refractivity contribution is 0.177. The molecule has 96 valence electrons. The van der Waals surface area contributed by atoms with E-state index in [9.17, 15) is 0 Å². The molecule has 2 rings (SSSR count). The summed E-state index contributed by atoms with van der Waals surface area (Å²) in [4.78, 5) is 4.45. The Balaban J connectivity index is 2.03. The number of aromatic nitrogens is 2. The quantitative estimate of drug-likeness (QED) is 0.870. The van der Waals surface area contributed by atoms with Crippen molar-refractivity contribution in [1.82, 2.24) is 9.55 Å². The highest BCUT2D eigenvalue weighted by molar-refractivity contribution is 4.95. The van der Waals surface area contributed by atoms with Crippen LogP contribution >= 0.6 is 0 Å². The fourth-order valence-corrected chi connectivity index (χ4v) is 3.18. The fraction of sp³-hybridized carbons (Fsp3) is 0.786. The first-order valence-electron chi connectivity index (χ1n) is 6.90. The molecule has 0 aliphatic heterocycles. The summed E-state index contributed by atoms with van der Waals surface area (Å²) in [5.74, 6) is 3.56. The minimum atomic E-state index is 0.703. The van der Waals surface area contributed by atoms with Gasteiger partial charge < -0.3 is 10.3 Å². The molecule has 0 spiro atoms. The normalized spacial score (nSPS) is 29.5. The maximum atomic E-state index is 5.92. The second-order valence-electron chi connectivity index (χ2n) is 5.50. The molecule has 2 N–H and O–H groups in total. The summed E-state index contributed by atoms with van der Waals surface area (Å²) in [5.41, 5.74) is 5.92. The molecule has 1 aromatic rings. The van der Waals surface area contributed by atoms with E-state index >= 15 is 0 Å². The maximum absolute atomic E-state index is 5.92. The lowest BCUT2D eigenvalue weighted by Gasteiger charge is -2.35. The van der Waals surface area contributed by atoms with Crippen LogP contribution in [0.5, 0.6) is 0 Å². The third kappa shape index (κ3) is 2.89. The Morgan fingerprint density at radius 2 is 2.24 bits per heavy atom. The monoisotopic (exact) mass is 235 g/mol. The first-order valence-corrected chi connectivity index (χ1v) is 6.90. The minimum Gasteiger partial charge on any atom is -0.338 e. The van der Waals surface area contributed by atoms with Gasteiger partial charge in [-0.3, -0.25) is 0 Å². The molecule has 1 aromatic heterocycles. The molecule has 1 fully saturated rings. The molecule has 3 atom stereocenters. The van der Waals surface area contributed by atoms with E-state index < -0.39 is 0 Å². The van der Waals surface area contributed by atoms with E-state index in [0.29, 0.717) is 5.92 Å². The van der Waals surface area contributed by atoms with Crippen LogP contribution in [-0.4, -0.2) is 16.1 Å². The molecule has 1 aliphatic carbocycles. The van der Waals surface area contributed by atoms with E-state index in [2.05, 4.69) is 23.5 Å². The third-order valence-electron chi connectivity index (χ3n) is 4.49. The van der Waals surface area contributed by atoms with Crippen LogP contribution in [0.4, 0.5) is 0 Å². The predicted molar refractivity (Wildman–Crippen MR) is 70.6 cm³/mol. The van der Waals surface area contributed by atoms with Crippen molar-refractivity contribution in [3.8, 4) is 0 Å². The van der Waals surface area contributed by atoms with Gasteiger partial charge in [0.15, 0.2) is 0 Å². The molecule has 0 saturated heterocycles. The topological polar surface area (TPSA) is 43.8 Å². The number of rotatable bonds is 4. The van der Waals surface area contributed by atoms with E-state index in [4.69, 9.17) is 5.73 Å². The number of aryl methyl sites for hydroxylation is 1. The number of nitrogens with zero attached hydrogens (tertiary/aromatic N) is 2. The van der Waals surface area contributed by atoms with Crippen molar-refractivity contribution in [3.63, 3.8) is 0 Å². The molecule has 1 saturated carbocycles. The van der Waals surface area contributed by atoms with Crippen molar-refractivity contribution >= 4 is 0 Å². The summed E-state index contributed by atoms with van der Waals surface area (Å²) in [6, 6.07) is 0. The Kier molecular flexibility index (Phi) is 4.21. The highest BCUT2D eigenvalue weighted by Crippen LogP contribution is 2.36. The summed E-state index contributed by atoms with van der Waals surface area (Å²) in [6.07, 6.45) is 10.4. The van der Waals surface area contributed by atoms with Crippen molar-refractivity contribution < 1.29 is 0 Å². The Morgan fingerprint density at radius 3 is 2.82 bits per heavy atom. The van der Waals surface area contributed by atoms with Gasteiger partial charge in [-0.25, -0.2) is 4.98 Å². The Morgan fingerprint density at radius 1 is 1.41 bits per heavy atom. The van der Waals surface area contributed by atoms with E-state index in [1.54, 1.807) is 0 Å². The van der Waals surface area contributed by atoms with Crippen molar-refractivity contribution in [2.24, 2.45) is 30.5 Å². The van der Waals surface area contributed by atoms with Gasteiger partial charge in [0.2, 0.25) is 0 Å². The van der Waals surface area contributed by atoms with Crippen LogP contribution in [0.15, 0.2) is 12.4 Å². The number of imidazole rings is 1. The van der Waals surface area contributed by atoms with Crippen LogP contribution in [0, 0.1) is 17.8 Å². The van der Waals surface area contributed by atoms with Gasteiger partial charge >= 0.3 is 0 Å². The second-order valence-corrected chi connectivity index (χ2v) is 5.50. The highest BCUT2D eigenvalue weighted by atomic mass is 15.0. The second kappa shape index (κ2) is 5.67. The highest BCUT2D eigenvalue weighted by Gasteiger charge is 2.29. The molecule has 0 radical (unpaired) electrons. The fourth-order valence-electron chi connectivity index (χ4n) is 3.18. The first-order chi connectivity index (χ1) is 8.24. The van der Waals surface area contributed by atoms with Gasteiger partial charge in [-0.1, -0.05) is 19.8 Å². The Hall–Kier alpha value is -0.830. The molecule has 0 aromatic carbocycles. The SMILES string of the molecule is CCC1CCC(CN)C(Cc2nccn2C)C1. The lowest BCUT2D eigenvalue weighted by Crippen LogP contribution is -2.32. The van der Waals surface area contributed by atoms with Gasteiger partial charge in [0, 0.05) is 25.9 Å². The Labute approximate surface area is 104 Å². The summed E-state index contributed by atoms with van der Waals surface area (Å²) < 4.78 is 2.14. The van der Waals surface area contributed by atoms with E-state index in [1.807, 2.05) is 12.4 Å². The molecular weight excluding hydrogens is 210 g/mol. The van der Waals surface area contributed by atoms with Crippen LogP contribution in [-0.2, 0) is 13.5 Å². The van der Waals surface area contributed by atoms with Gasteiger partial charge in [-0.05, 0) is 37.1 Å². The summed E-state index contributed by atoms with van der Waals surface area (Å²) in [5, 5.41) is 0. The van der Waals surface area contributed by atoms with Gasteiger partial charge in [0.05, 0.1) is 0 Å². The molecule has 17 heavy (non-hydrogen) atoms. The standard InChI is InChI=1S/C14H25N3/c1-3-11-4-5-12(10-15)13(8-11)9-14-16-6-7-17(14)2/h6-7,11-13H,3-5,8-10,15H2,1-2H3. The van der Waals surface area contributed by atoms with Crippen LogP contribution < -0.4 is 5.73 Å². The first kappa shape index (κ1) is 12.6. The Bertz CT molecular complexity index is 345. The minimum absolute atomic E-state index is 0.703. The van der Waals surface area contributed by atoms with Gasteiger partial charge in [-0.2, -0.15) is 0 Å². The van der Waals surface area contributed by atoms with Crippen molar-refractivity contribution in [1.29, 1.82) is 0 Å². The summed E-state index contributed by atoms with van der Waals surface area (Å²) in [6.45, 7) is 3.15. The molecule has 3 heteroatoms. The molecule has 0 amide bonds. The lowest BCUT2D eigenvalue weighted by atomic mass is 9.72. The summed E-state index contributed by atoms with van der Waals surface area (Å²) >= 11 is 0. The van der Waals surface area contributed by atoms with Crippen LogP contribution in [0.1, 0.15) is 38.4 Å². The van der Waals surface area contributed by atoms with E-state index in [-0.39, 0.29) is 0 Å². The molecular formula is C14H25N3. The van der Waals surface area contributed by atoms with Crippen molar-refractivity contribution in [2.45, 2.75) is 39.0 Å².